The van der Waals surface area contributed by atoms with E-state index in [1.54, 1.807) is 13.0 Å². The normalized spacial score (nSPS) is 12.4. The third-order valence-corrected chi connectivity index (χ3v) is 2.28. The van der Waals surface area contributed by atoms with E-state index in [1.807, 2.05) is 18.2 Å². The van der Waals surface area contributed by atoms with Gasteiger partial charge in [-0.1, -0.05) is 28.8 Å². The van der Waals surface area contributed by atoms with Gasteiger partial charge in [-0.05, 0) is 19.1 Å². The molecule has 0 amide bonds. The Hall–Kier alpha value is -1.59. The van der Waals surface area contributed by atoms with Gasteiger partial charge in [-0.3, -0.25) is 0 Å². The minimum absolute atomic E-state index is 0.278. The second kappa shape index (κ2) is 4.51. The number of anilines is 2. The van der Waals surface area contributed by atoms with Crippen molar-refractivity contribution in [2.24, 2.45) is 5.73 Å². The Balaban J connectivity index is 2.18. The number of rotatable bonds is 3. The second-order valence-electron chi connectivity index (χ2n) is 3.34. The molecule has 0 saturated heterocycles. The molecule has 0 aliphatic rings. The van der Waals surface area contributed by atoms with Gasteiger partial charge in [0.1, 0.15) is 0 Å². The lowest BCUT2D eigenvalue weighted by Crippen LogP contribution is -2.04. The number of para-hydroxylation sites is 1. The van der Waals surface area contributed by atoms with Crippen LogP contribution in [0.5, 0.6) is 0 Å². The van der Waals surface area contributed by atoms with E-state index < -0.39 is 0 Å². The topological polar surface area (TPSA) is 77.0 Å². The van der Waals surface area contributed by atoms with Crippen LogP contribution in [-0.4, -0.2) is 10.2 Å². The van der Waals surface area contributed by atoms with Crippen LogP contribution in [0.3, 0.4) is 0 Å². The number of hydrogen-bond acceptors (Lipinski definition) is 5. The van der Waals surface area contributed by atoms with Crippen molar-refractivity contribution in [2.75, 3.05) is 5.32 Å². The van der Waals surface area contributed by atoms with E-state index in [9.17, 15) is 0 Å². The predicted molar refractivity (Wildman–Crippen MR) is 61.6 cm³/mol. The quantitative estimate of drug-likeness (QED) is 0.859. The van der Waals surface area contributed by atoms with Crippen LogP contribution in [0.4, 0.5) is 11.7 Å². The summed E-state index contributed by atoms with van der Waals surface area (Å²) in [6.45, 7) is 1.77. The lowest BCUT2D eigenvalue weighted by atomic mass is 10.3. The molecule has 2 rings (SSSR count). The average molecular weight is 239 g/mol. The molecule has 6 heteroatoms. The minimum atomic E-state index is -0.283. The smallest absolute Gasteiger partial charge is 0.320 e. The molecule has 0 saturated carbocycles. The highest BCUT2D eigenvalue weighted by Gasteiger charge is 2.10. The van der Waals surface area contributed by atoms with E-state index in [4.69, 9.17) is 21.8 Å². The summed E-state index contributed by atoms with van der Waals surface area (Å²) in [4.78, 5) is 0. The molecule has 1 atom stereocenters. The average Bonchev–Trinajstić information content (AvgIpc) is 2.70. The van der Waals surface area contributed by atoms with Crippen molar-refractivity contribution >= 4 is 23.3 Å². The predicted octanol–water partition coefficient (Wildman–Crippen LogP) is 2.49. The fourth-order valence-electron chi connectivity index (χ4n) is 1.15. The van der Waals surface area contributed by atoms with Gasteiger partial charge in [0.15, 0.2) is 0 Å². The van der Waals surface area contributed by atoms with Crippen LogP contribution < -0.4 is 11.1 Å². The molecule has 1 aromatic heterocycles. The van der Waals surface area contributed by atoms with Crippen LogP contribution in [-0.2, 0) is 0 Å². The Morgan fingerprint density at radius 1 is 1.38 bits per heavy atom. The third kappa shape index (κ3) is 2.32. The van der Waals surface area contributed by atoms with Gasteiger partial charge in [0.2, 0.25) is 5.89 Å². The number of nitrogens with zero attached hydrogens (tertiary/aromatic N) is 2. The van der Waals surface area contributed by atoms with Crippen molar-refractivity contribution in [2.45, 2.75) is 13.0 Å². The van der Waals surface area contributed by atoms with Crippen molar-refractivity contribution in [3.05, 3.63) is 35.2 Å². The number of benzene rings is 1. The van der Waals surface area contributed by atoms with E-state index in [2.05, 4.69) is 15.5 Å². The molecule has 0 bridgehead atoms. The minimum Gasteiger partial charge on any atom is -0.406 e. The molecule has 0 fully saturated rings. The zero-order chi connectivity index (χ0) is 11.5. The van der Waals surface area contributed by atoms with E-state index in [1.165, 1.54) is 0 Å². The summed E-state index contributed by atoms with van der Waals surface area (Å²) in [5, 5.41) is 11.1. The van der Waals surface area contributed by atoms with Gasteiger partial charge in [-0.2, -0.15) is 0 Å². The lowest BCUT2D eigenvalue weighted by Gasteiger charge is -2.02. The molecule has 0 spiro atoms. The van der Waals surface area contributed by atoms with E-state index >= 15 is 0 Å². The standard InChI is InChI=1S/C10H11ClN4O/c1-6(12)9-14-15-10(16-9)13-8-5-3-2-4-7(8)11/h2-6H,12H2,1H3,(H,13,15). The van der Waals surface area contributed by atoms with Gasteiger partial charge >= 0.3 is 6.01 Å². The van der Waals surface area contributed by atoms with Gasteiger partial charge in [0, 0.05) is 0 Å². The molecular formula is C10H11ClN4O. The maximum absolute atomic E-state index is 5.97. The molecule has 1 unspecified atom stereocenters. The van der Waals surface area contributed by atoms with Crippen molar-refractivity contribution in [1.29, 1.82) is 0 Å². The molecule has 0 aliphatic carbocycles. The van der Waals surface area contributed by atoms with Crippen LogP contribution in [0.25, 0.3) is 0 Å². The monoisotopic (exact) mass is 238 g/mol. The number of hydrogen-bond donors (Lipinski definition) is 2. The first-order valence-corrected chi connectivity index (χ1v) is 5.15. The number of nitrogens with two attached hydrogens (primary N) is 1. The zero-order valence-corrected chi connectivity index (χ0v) is 9.40. The molecule has 0 radical (unpaired) electrons. The van der Waals surface area contributed by atoms with Crippen LogP contribution >= 0.6 is 11.6 Å². The van der Waals surface area contributed by atoms with Gasteiger partial charge in [0.25, 0.3) is 0 Å². The second-order valence-corrected chi connectivity index (χ2v) is 3.75. The first-order valence-electron chi connectivity index (χ1n) is 4.77. The third-order valence-electron chi connectivity index (χ3n) is 1.95. The summed E-state index contributed by atoms with van der Waals surface area (Å²) >= 11 is 5.97. The van der Waals surface area contributed by atoms with Gasteiger partial charge in [-0.25, -0.2) is 0 Å². The first kappa shape index (κ1) is 10.9. The molecule has 1 aromatic carbocycles. The molecule has 5 nitrogen and oxygen atoms in total. The Bertz CT molecular complexity index is 483. The Morgan fingerprint density at radius 2 is 2.12 bits per heavy atom. The molecule has 3 N–H and O–H groups in total. The maximum atomic E-state index is 5.97. The van der Waals surface area contributed by atoms with E-state index in [0.717, 1.165) is 0 Å². The van der Waals surface area contributed by atoms with Crippen LogP contribution in [0.15, 0.2) is 28.7 Å². The summed E-state index contributed by atoms with van der Waals surface area (Å²) in [5.74, 6) is 0.384. The summed E-state index contributed by atoms with van der Waals surface area (Å²) in [6, 6.07) is 7.28. The summed E-state index contributed by atoms with van der Waals surface area (Å²) < 4.78 is 5.29. The van der Waals surface area contributed by atoms with Gasteiger partial charge in [0.05, 0.1) is 16.8 Å². The molecule has 16 heavy (non-hydrogen) atoms. The zero-order valence-electron chi connectivity index (χ0n) is 8.64. The molecular weight excluding hydrogens is 228 g/mol. The fraction of sp³-hybridized carbons (Fsp3) is 0.200. The lowest BCUT2D eigenvalue weighted by molar-refractivity contribution is 0.475. The Labute approximate surface area is 97.6 Å². The van der Waals surface area contributed by atoms with Gasteiger partial charge in [-0.15, -0.1) is 5.10 Å². The van der Waals surface area contributed by atoms with Gasteiger partial charge < -0.3 is 15.5 Å². The first-order chi connectivity index (χ1) is 7.66. The number of nitrogens with one attached hydrogen (secondary N) is 1. The Morgan fingerprint density at radius 3 is 2.75 bits per heavy atom. The fourth-order valence-corrected chi connectivity index (χ4v) is 1.33. The molecule has 0 aliphatic heterocycles. The maximum Gasteiger partial charge on any atom is 0.320 e. The van der Waals surface area contributed by atoms with Crippen molar-refractivity contribution in [1.82, 2.24) is 10.2 Å². The number of halogens is 1. The molecule has 1 heterocycles. The number of aromatic nitrogens is 2. The Kier molecular flexibility index (Phi) is 3.07. The summed E-state index contributed by atoms with van der Waals surface area (Å²) in [6.07, 6.45) is 0. The summed E-state index contributed by atoms with van der Waals surface area (Å²) in [5.41, 5.74) is 6.31. The molecule has 2 aromatic rings. The van der Waals surface area contributed by atoms with Crippen molar-refractivity contribution < 1.29 is 4.42 Å². The highest BCUT2D eigenvalue weighted by molar-refractivity contribution is 6.33. The van der Waals surface area contributed by atoms with Crippen molar-refractivity contribution in [3.8, 4) is 0 Å². The highest BCUT2D eigenvalue weighted by Crippen LogP contribution is 2.24. The molecule has 84 valence electrons. The summed E-state index contributed by atoms with van der Waals surface area (Å²) in [7, 11) is 0. The largest absolute Gasteiger partial charge is 0.406 e. The van der Waals surface area contributed by atoms with E-state index in [-0.39, 0.29) is 12.1 Å². The van der Waals surface area contributed by atoms with Crippen LogP contribution in [0.1, 0.15) is 18.9 Å². The van der Waals surface area contributed by atoms with Crippen LogP contribution in [0, 0.1) is 0 Å². The highest BCUT2D eigenvalue weighted by atomic mass is 35.5. The van der Waals surface area contributed by atoms with E-state index in [0.29, 0.717) is 16.6 Å². The SMILES string of the molecule is CC(N)c1nnc(Nc2ccccc2Cl)o1. The van der Waals surface area contributed by atoms with Crippen molar-refractivity contribution in [3.63, 3.8) is 0 Å². The van der Waals surface area contributed by atoms with Crippen LogP contribution in [0.2, 0.25) is 5.02 Å².